The molecule has 0 aliphatic rings. The molecule has 0 aliphatic heterocycles. The molecule has 0 bridgehead atoms. The smallest absolute Gasteiger partial charge is 0.119 e. The van der Waals surface area contributed by atoms with Crippen LogP contribution in [0.1, 0.15) is 17.8 Å². The maximum atomic E-state index is 8.65. The molecule has 1 heterocycles. The van der Waals surface area contributed by atoms with E-state index in [1.807, 2.05) is 18.3 Å². The molecule has 0 saturated carbocycles. The van der Waals surface area contributed by atoms with E-state index in [1.165, 1.54) is 0 Å². The lowest BCUT2D eigenvalue weighted by Gasteiger charge is -2.04. The number of aryl methyl sites for hydroxylation is 1. The summed E-state index contributed by atoms with van der Waals surface area (Å²) in [6.07, 6.45) is 5.35. The third-order valence-corrected chi connectivity index (χ3v) is 2.36. The normalized spacial score (nSPS) is 9.82. The van der Waals surface area contributed by atoms with Crippen molar-refractivity contribution in [3.63, 3.8) is 0 Å². The van der Waals surface area contributed by atoms with Crippen molar-refractivity contribution in [1.82, 2.24) is 9.97 Å². The van der Waals surface area contributed by atoms with Gasteiger partial charge in [0.15, 0.2) is 0 Å². The van der Waals surface area contributed by atoms with Crippen LogP contribution in [0.25, 0.3) is 0 Å². The van der Waals surface area contributed by atoms with E-state index in [2.05, 4.69) is 16.0 Å². The zero-order valence-corrected chi connectivity index (χ0v) is 9.39. The van der Waals surface area contributed by atoms with Crippen LogP contribution in [0, 0.1) is 11.3 Å². The standard InChI is InChI=1S/C13H13N3O/c14-10-11-3-5-12(6-4-11)17-9-1-2-13-15-7-8-16-13/h3-8H,1-2,9H2,(H,15,16). The number of benzene rings is 1. The minimum absolute atomic E-state index is 0.645. The fraction of sp³-hybridized carbons (Fsp3) is 0.231. The molecule has 0 spiro atoms. The Morgan fingerprint density at radius 2 is 2.12 bits per heavy atom. The molecule has 0 fully saturated rings. The molecule has 2 rings (SSSR count). The van der Waals surface area contributed by atoms with Gasteiger partial charge in [-0.15, -0.1) is 0 Å². The molecule has 0 saturated heterocycles. The SMILES string of the molecule is N#Cc1ccc(OCCCc2ncc[nH]2)cc1. The number of aromatic nitrogens is 2. The van der Waals surface area contributed by atoms with Crippen molar-refractivity contribution in [1.29, 1.82) is 5.26 Å². The van der Waals surface area contributed by atoms with E-state index in [1.54, 1.807) is 18.3 Å². The number of nitrogens with zero attached hydrogens (tertiary/aromatic N) is 2. The number of hydrogen-bond acceptors (Lipinski definition) is 3. The Morgan fingerprint density at radius 3 is 2.76 bits per heavy atom. The first-order valence-electron chi connectivity index (χ1n) is 5.50. The van der Waals surface area contributed by atoms with Crippen molar-refractivity contribution in [2.75, 3.05) is 6.61 Å². The summed E-state index contributed by atoms with van der Waals surface area (Å²) in [5.41, 5.74) is 0.646. The molecule has 0 atom stereocenters. The number of aromatic amines is 1. The van der Waals surface area contributed by atoms with Gasteiger partial charge in [-0.2, -0.15) is 5.26 Å². The van der Waals surface area contributed by atoms with E-state index in [9.17, 15) is 0 Å². The van der Waals surface area contributed by atoms with Crippen molar-refractivity contribution in [3.05, 3.63) is 48.0 Å². The topological polar surface area (TPSA) is 61.7 Å². The number of imidazole rings is 1. The molecule has 4 nitrogen and oxygen atoms in total. The van der Waals surface area contributed by atoms with Crippen molar-refractivity contribution in [3.8, 4) is 11.8 Å². The van der Waals surface area contributed by atoms with E-state index in [4.69, 9.17) is 10.00 Å². The Kier molecular flexibility index (Phi) is 3.77. The zero-order valence-electron chi connectivity index (χ0n) is 9.39. The predicted molar refractivity (Wildman–Crippen MR) is 63.6 cm³/mol. The number of nitriles is 1. The molecule has 1 N–H and O–H groups in total. The summed E-state index contributed by atoms with van der Waals surface area (Å²) in [6.45, 7) is 0.645. The van der Waals surface area contributed by atoms with Crippen molar-refractivity contribution >= 4 is 0 Å². The van der Waals surface area contributed by atoms with E-state index in [0.29, 0.717) is 12.2 Å². The van der Waals surface area contributed by atoms with Crippen LogP contribution in [0.5, 0.6) is 5.75 Å². The highest BCUT2D eigenvalue weighted by atomic mass is 16.5. The molecule has 1 aromatic carbocycles. The molecule has 2 aromatic rings. The summed E-state index contributed by atoms with van der Waals surface area (Å²) in [7, 11) is 0. The number of ether oxygens (including phenoxy) is 1. The van der Waals surface area contributed by atoms with Crippen LogP contribution in [0.2, 0.25) is 0 Å². The molecular weight excluding hydrogens is 214 g/mol. The van der Waals surface area contributed by atoms with E-state index in [-0.39, 0.29) is 0 Å². The Morgan fingerprint density at radius 1 is 1.29 bits per heavy atom. The van der Waals surface area contributed by atoms with Crippen molar-refractivity contribution in [2.24, 2.45) is 0 Å². The minimum atomic E-state index is 0.645. The third-order valence-electron chi connectivity index (χ3n) is 2.36. The van der Waals surface area contributed by atoms with E-state index < -0.39 is 0 Å². The van der Waals surface area contributed by atoms with E-state index >= 15 is 0 Å². The third kappa shape index (κ3) is 3.35. The Labute approximate surface area is 99.9 Å². The van der Waals surface area contributed by atoms with Gasteiger partial charge in [0.2, 0.25) is 0 Å². The van der Waals surface area contributed by atoms with Crippen molar-refractivity contribution in [2.45, 2.75) is 12.8 Å². The molecule has 17 heavy (non-hydrogen) atoms. The van der Waals surface area contributed by atoms with E-state index in [0.717, 1.165) is 24.4 Å². The van der Waals surface area contributed by atoms with Gasteiger partial charge in [-0.3, -0.25) is 0 Å². The summed E-state index contributed by atoms with van der Waals surface area (Å²) in [5.74, 6) is 1.77. The molecule has 86 valence electrons. The minimum Gasteiger partial charge on any atom is -0.494 e. The monoisotopic (exact) mass is 227 g/mol. The van der Waals surface area contributed by atoms with Crippen LogP contribution in [0.15, 0.2) is 36.7 Å². The quantitative estimate of drug-likeness (QED) is 0.797. The van der Waals surface area contributed by atoms with Gasteiger partial charge < -0.3 is 9.72 Å². The van der Waals surface area contributed by atoms with Gasteiger partial charge >= 0.3 is 0 Å². The van der Waals surface area contributed by atoms with Gasteiger partial charge in [0, 0.05) is 18.8 Å². The van der Waals surface area contributed by atoms with Gasteiger partial charge in [0.1, 0.15) is 11.6 Å². The molecule has 0 radical (unpaired) electrons. The highest BCUT2D eigenvalue weighted by Gasteiger charge is 1.97. The van der Waals surface area contributed by atoms with Crippen molar-refractivity contribution < 1.29 is 4.74 Å². The van der Waals surface area contributed by atoms with Gasteiger partial charge in [-0.05, 0) is 30.7 Å². The molecule has 1 aromatic heterocycles. The first-order chi connectivity index (χ1) is 8.38. The Balaban J connectivity index is 1.73. The second-order valence-corrected chi connectivity index (χ2v) is 3.62. The second-order valence-electron chi connectivity index (χ2n) is 3.62. The summed E-state index contributed by atoms with van der Waals surface area (Å²) in [5, 5.41) is 8.65. The Bertz CT molecular complexity index is 482. The summed E-state index contributed by atoms with van der Waals surface area (Å²) in [6, 6.07) is 9.20. The number of hydrogen-bond donors (Lipinski definition) is 1. The average molecular weight is 227 g/mol. The fourth-order valence-corrected chi connectivity index (χ4v) is 1.49. The summed E-state index contributed by atoms with van der Waals surface area (Å²) in [4.78, 5) is 7.18. The summed E-state index contributed by atoms with van der Waals surface area (Å²) >= 11 is 0. The number of nitrogens with one attached hydrogen (secondary N) is 1. The van der Waals surface area contributed by atoms with Crippen LogP contribution in [-0.2, 0) is 6.42 Å². The predicted octanol–water partition coefficient (Wildman–Crippen LogP) is 2.29. The molecule has 0 unspecified atom stereocenters. The largest absolute Gasteiger partial charge is 0.494 e. The first-order valence-corrected chi connectivity index (χ1v) is 5.50. The summed E-state index contributed by atoms with van der Waals surface area (Å²) < 4.78 is 5.55. The molecule has 0 aliphatic carbocycles. The second kappa shape index (κ2) is 5.71. The highest BCUT2D eigenvalue weighted by Crippen LogP contribution is 2.11. The van der Waals surface area contributed by atoms with Crippen LogP contribution in [0.3, 0.4) is 0 Å². The average Bonchev–Trinajstić information content (AvgIpc) is 2.88. The maximum absolute atomic E-state index is 8.65. The zero-order chi connectivity index (χ0) is 11.9. The van der Waals surface area contributed by atoms with Gasteiger partial charge in [-0.1, -0.05) is 0 Å². The van der Waals surface area contributed by atoms with Crippen LogP contribution in [-0.4, -0.2) is 16.6 Å². The lowest BCUT2D eigenvalue weighted by Crippen LogP contribution is -2.00. The lowest BCUT2D eigenvalue weighted by atomic mass is 10.2. The fourth-order valence-electron chi connectivity index (χ4n) is 1.49. The van der Waals surface area contributed by atoms with Crippen LogP contribution in [0.4, 0.5) is 0 Å². The number of H-pyrrole nitrogens is 1. The molecule has 0 amide bonds. The van der Waals surface area contributed by atoms with Gasteiger partial charge in [-0.25, -0.2) is 4.98 Å². The van der Waals surface area contributed by atoms with Crippen LogP contribution >= 0.6 is 0 Å². The molecular formula is C13H13N3O. The highest BCUT2D eigenvalue weighted by molar-refractivity contribution is 5.34. The lowest BCUT2D eigenvalue weighted by molar-refractivity contribution is 0.310. The van der Waals surface area contributed by atoms with Gasteiger partial charge in [0.25, 0.3) is 0 Å². The van der Waals surface area contributed by atoms with Crippen LogP contribution < -0.4 is 4.74 Å². The number of rotatable bonds is 5. The maximum Gasteiger partial charge on any atom is 0.119 e. The van der Waals surface area contributed by atoms with Gasteiger partial charge in [0.05, 0.1) is 18.2 Å². The Hall–Kier alpha value is -2.28. The first kappa shape index (κ1) is 11.2. The molecule has 4 heteroatoms.